The summed E-state index contributed by atoms with van der Waals surface area (Å²) in [5.41, 5.74) is 0. The van der Waals surface area contributed by atoms with Crippen molar-refractivity contribution >= 4 is 33.5 Å². The molecule has 1 fully saturated rings. The van der Waals surface area contributed by atoms with Gasteiger partial charge in [0.1, 0.15) is 12.1 Å². The molecule has 6 heteroatoms. The Morgan fingerprint density at radius 3 is 3.00 bits per heavy atom. The van der Waals surface area contributed by atoms with Crippen molar-refractivity contribution < 1.29 is 0 Å². The van der Waals surface area contributed by atoms with E-state index in [1.165, 1.54) is 24.6 Å². The lowest BCUT2D eigenvalue weighted by Gasteiger charge is -2.26. The summed E-state index contributed by atoms with van der Waals surface area (Å²) in [5.74, 6) is 3.40. The fourth-order valence-electron chi connectivity index (χ4n) is 1.60. The highest BCUT2D eigenvalue weighted by atomic mass is 79.9. The van der Waals surface area contributed by atoms with Crippen LogP contribution in [0.25, 0.3) is 0 Å². The lowest BCUT2D eigenvalue weighted by molar-refractivity contribution is 0.314. The molecular weight excluding hydrogens is 288 g/mol. The number of rotatable bonds is 4. The zero-order valence-electron chi connectivity index (χ0n) is 9.03. The number of thioether (sulfide) groups is 1. The van der Waals surface area contributed by atoms with Crippen LogP contribution >= 0.6 is 27.7 Å². The number of nitrogens with zero attached hydrogens (tertiary/aromatic N) is 3. The van der Waals surface area contributed by atoms with E-state index in [9.17, 15) is 0 Å². The number of anilines is 1. The molecule has 2 rings (SSSR count). The van der Waals surface area contributed by atoms with Crippen LogP contribution in [0.15, 0.2) is 17.0 Å². The van der Waals surface area contributed by atoms with Crippen LogP contribution in [0.2, 0.25) is 0 Å². The predicted molar refractivity (Wildman–Crippen MR) is 72.0 cm³/mol. The van der Waals surface area contributed by atoms with Crippen molar-refractivity contribution in [1.82, 2.24) is 14.9 Å². The number of aromatic nitrogens is 2. The van der Waals surface area contributed by atoms with Gasteiger partial charge in [-0.3, -0.25) is 4.90 Å². The molecular formula is C10H15BrN4S. The van der Waals surface area contributed by atoms with Gasteiger partial charge in [-0.2, -0.15) is 11.8 Å². The molecule has 0 saturated carbocycles. The zero-order valence-corrected chi connectivity index (χ0v) is 11.4. The van der Waals surface area contributed by atoms with Crippen molar-refractivity contribution in [2.45, 2.75) is 0 Å². The molecule has 0 atom stereocenters. The molecule has 0 amide bonds. The summed E-state index contributed by atoms with van der Waals surface area (Å²) in [6.07, 6.45) is 3.32. The molecule has 0 radical (unpaired) electrons. The molecule has 0 aromatic carbocycles. The Hall–Kier alpha value is -0.330. The van der Waals surface area contributed by atoms with Gasteiger partial charge < -0.3 is 5.32 Å². The summed E-state index contributed by atoms with van der Waals surface area (Å²) in [7, 11) is 0. The maximum Gasteiger partial charge on any atom is 0.143 e. The number of hydrogen-bond donors (Lipinski definition) is 1. The van der Waals surface area contributed by atoms with Crippen LogP contribution < -0.4 is 5.32 Å². The van der Waals surface area contributed by atoms with Crippen molar-refractivity contribution in [1.29, 1.82) is 0 Å². The fourth-order valence-corrected chi connectivity index (χ4v) is 2.94. The SMILES string of the molecule is Brc1cncnc1NCCN1CCSCC1. The van der Waals surface area contributed by atoms with E-state index in [0.717, 1.165) is 23.4 Å². The first-order chi connectivity index (χ1) is 7.86. The summed E-state index contributed by atoms with van der Waals surface area (Å²) in [4.78, 5) is 10.6. The van der Waals surface area contributed by atoms with Crippen LogP contribution in [-0.4, -0.2) is 52.6 Å². The zero-order chi connectivity index (χ0) is 11.2. The predicted octanol–water partition coefficient (Wildman–Crippen LogP) is 1.70. The summed E-state index contributed by atoms with van der Waals surface area (Å²) in [6, 6.07) is 0. The maximum absolute atomic E-state index is 4.17. The number of nitrogens with one attached hydrogen (secondary N) is 1. The molecule has 0 bridgehead atoms. The molecule has 1 aliphatic heterocycles. The second-order valence-corrected chi connectivity index (χ2v) is 5.68. The largest absolute Gasteiger partial charge is 0.368 e. The highest BCUT2D eigenvalue weighted by molar-refractivity contribution is 9.10. The monoisotopic (exact) mass is 302 g/mol. The third kappa shape index (κ3) is 3.61. The van der Waals surface area contributed by atoms with Crippen LogP contribution in [0.4, 0.5) is 5.82 Å². The third-order valence-corrected chi connectivity index (χ3v) is 4.01. The Morgan fingerprint density at radius 2 is 2.25 bits per heavy atom. The average Bonchev–Trinajstić information content (AvgIpc) is 2.33. The lowest BCUT2D eigenvalue weighted by atomic mass is 10.4. The summed E-state index contributed by atoms with van der Waals surface area (Å²) >= 11 is 5.46. The van der Waals surface area contributed by atoms with Gasteiger partial charge in [-0.15, -0.1) is 0 Å². The van der Waals surface area contributed by atoms with Crippen LogP contribution in [0.5, 0.6) is 0 Å². The van der Waals surface area contributed by atoms with Gasteiger partial charge >= 0.3 is 0 Å². The van der Waals surface area contributed by atoms with E-state index in [-0.39, 0.29) is 0 Å². The first kappa shape index (κ1) is 12.1. The van der Waals surface area contributed by atoms with E-state index in [0.29, 0.717) is 0 Å². The van der Waals surface area contributed by atoms with Gasteiger partial charge in [0.2, 0.25) is 0 Å². The van der Waals surface area contributed by atoms with Gasteiger partial charge in [0.05, 0.1) is 4.47 Å². The van der Waals surface area contributed by atoms with E-state index in [1.54, 1.807) is 12.5 Å². The van der Waals surface area contributed by atoms with Crippen molar-refractivity contribution in [2.24, 2.45) is 0 Å². The normalized spacial score (nSPS) is 17.3. The average molecular weight is 303 g/mol. The Bertz CT molecular complexity index is 330. The summed E-state index contributed by atoms with van der Waals surface area (Å²) in [5, 5.41) is 3.31. The lowest BCUT2D eigenvalue weighted by Crippen LogP contribution is -2.36. The highest BCUT2D eigenvalue weighted by Gasteiger charge is 2.09. The maximum atomic E-state index is 4.17. The Morgan fingerprint density at radius 1 is 1.44 bits per heavy atom. The smallest absolute Gasteiger partial charge is 0.143 e. The Balaban J connectivity index is 1.73. The molecule has 1 aromatic heterocycles. The van der Waals surface area contributed by atoms with Gasteiger partial charge in [-0.05, 0) is 15.9 Å². The van der Waals surface area contributed by atoms with Crippen LogP contribution in [-0.2, 0) is 0 Å². The van der Waals surface area contributed by atoms with Crippen molar-refractivity contribution in [3.8, 4) is 0 Å². The molecule has 1 N–H and O–H groups in total. The molecule has 1 aliphatic rings. The third-order valence-electron chi connectivity index (χ3n) is 2.49. The van der Waals surface area contributed by atoms with Crippen molar-refractivity contribution in [2.75, 3.05) is 43.0 Å². The summed E-state index contributed by atoms with van der Waals surface area (Å²) < 4.78 is 0.921. The molecule has 0 spiro atoms. The van der Waals surface area contributed by atoms with Crippen LogP contribution in [0.1, 0.15) is 0 Å². The van der Waals surface area contributed by atoms with Gasteiger partial charge in [-0.1, -0.05) is 0 Å². The summed E-state index contributed by atoms with van der Waals surface area (Å²) in [6.45, 7) is 4.42. The van der Waals surface area contributed by atoms with Gasteiger partial charge in [0.25, 0.3) is 0 Å². The molecule has 16 heavy (non-hydrogen) atoms. The molecule has 1 saturated heterocycles. The van der Waals surface area contributed by atoms with Crippen molar-refractivity contribution in [3.05, 3.63) is 17.0 Å². The quantitative estimate of drug-likeness (QED) is 0.917. The second kappa shape index (κ2) is 6.42. The van der Waals surface area contributed by atoms with E-state index in [4.69, 9.17) is 0 Å². The van der Waals surface area contributed by atoms with Crippen LogP contribution in [0.3, 0.4) is 0 Å². The standard InChI is InChI=1S/C10H15BrN4S/c11-9-7-12-8-14-10(9)13-1-2-15-3-5-16-6-4-15/h7-8H,1-6H2,(H,12,13,14). The van der Waals surface area contributed by atoms with Gasteiger partial charge in [0.15, 0.2) is 0 Å². The molecule has 2 heterocycles. The number of hydrogen-bond acceptors (Lipinski definition) is 5. The van der Waals surface area contributed by atoms with Crippen molar-refractivity contribution in [3.63, 3.8) is 0 Å². The minimum absolute atomic E-state index is 0.876. The fraction of sp³-hybridized carbons (Fsp3) is 0.600. The first-order valence-corrected chi connectivity index (χ1v) is 7.30. The van der Waals surface area contributed by atoms with Gasteiger partial charge in [-0.25, -0.2) is 9.97 Å². The first-order valence-electron chi connectivity index (χ1n) is 5.36. The molecule has 4 nitrogen and oxygen atoms in total. The molecule has 1 aromatic rings. The molecule has 0 unspecified atom stereocenters. The molecule has 0 aliphatic carbocycles. The van der Waals surface area contributed by atoms with Gasteiger partial charge in [0, 0.05) is 43.9 Å². The Kier molecular flexibility index (Phi) is 4.87. The van der Waals surface area contributed by atoms with E-state index in [2.05, 4.69) is 36.1 Å². The minimum Gasteiger partial charge on any atom is -0.368 e. The minimum atomic E-state index is 0.876. The molecule has 88 valence electrons. The Labute approximate surface area is 108 Å². The number of halogens is 1. The van der Waals surface area contributed by atoms with E-state index < -0.39 is 0 Å². The second-order valence-electron chi connectivity index (χ2n) is 3.60. The highest BCUT2D eigenvalue weighted by Crippen LogP contribution is 2.16. The topological polar surface area (TPSA) is 41.1 Å². The van der Waals surface area contributed by atoms with E-state index >= 15 is 0 Å². The van der Waals surface area contributed by atoms with E-state index in [1.807, 2.05) is 11.8 Å². The van der Waals surface area contributed by atoms with Crippen LogP contribution in [0, 0.1) is 0 Å².